The van der Waals surface area contributed by atoms with E-state index in [9.17, 15) is 4.79 Å². The van der Waals surface area contributed by atoms with Crippen molar-refractivity contribution in [2.45, 2.75) is 38.4 Å². The number of ether oxygens (including phenoxy) is 3. The lowest BCUT2D eigenvalue weighted by Crippen LogP contribution is -2.45. The molecule has 100 valence electrons. The fraction of sp³-hybridized carbons (Fsp3) is 0.917. The molecule has 1 N–H and O–H groups in total. The molecule has 5 nitrogen and oxygen atoms in total. The van der Waals surface area contributed by atoms with E-state index in [1.807, 2.05) is 20.8 Å². The average Bonchev–Trinajstić information content (AvgIpc) is 2.64. The van der Waals surface area contributed by atoms with Crippen LogP contribution in [0.15, 0.2) is 0 Å². The summed E-state index contributed by atoms with van der Waals surface area (Å²) in [5.41, 5.74) is -0.726. The molecule has 1 rings (SSSR count). The molecule has 0 saturated carbocycles. The second kappa shape index (κ2) is 5.80. The Labute approximate surface area is 103 Å². The molecular weight excluding hydrogens is 222 g/mol. The van der Waals surface area contributed by atoms with E-state index in [-0.39, 0.29) is 18.1 Å². The molecule has 1 fully saturated rings. The van der Waals surface area contributed by atoms with E-state index >= 15 is 0 Å². The van der Waals surface area contributed by atoms with Crippen LogP contribution in [0.1, 0.15) is 27.2 Å². The van der Waals surface area contributed by atoms with Gasteiger partial charge >= 0.3 is 5.97 Å². The third-order valence-corrected chi connectivity index (χ3v) is 2.64. The summed E-state index contributed by atoms with van der Waals surface area (Å²) < 4.78 is 15.9. The normalized spacial score (nSPS) is 24.9. The van der Waals surface area contributed by atoms with Gasteiger partial charge in [0.25, 0.3) is 0 Å². The smallest absolute Gasteiger partial charge is 0.320 e. The fourth-order valence-corrected chi connectivity index (χ4v) is 1.73. The third kappa shape index (κ3) is 5.02. The van der Waals surface area contributed by atoms with Crippen LogP contribution in [0, 0.1) is 0 Å². The monoisotopic (exact) mass is 245 g/mol. The second-order valence-corrected chi connectivity index (χ2v) is 5.38. The predicted molar refractivity (Wildman–Crippen MR) is 63.9 cm³/mol. The highest BCUT2D eigenvalue weighted by atomic mass is 16.6. The summed E-state index contributed by atoms with van der Waals surface area (Å²) in [7, 11) is 1.67. The van der Waals surface area contributed by atoms with Crippen molar-refractivity contribution in [2.24, 2.45) is 0 Å². The van der Waals surface area contributed by atoms with Crippen molar-refractivity contribution in [1.29, 1.82) is 0 Å². The van der Waals surface area contributed by atoms with Crippen molar-refractivity contribution in [1.82, 2.24) is 5.32 Å². The molecule has 1 saturated heterocycles. The minimum absolute atomic E-state index is 0.197. The van der Waals surface area contributed by atoms with Crippen LogP contribution in [0.25, 0.3) is 0 Å². The molecule has 0 aromatic heterocycles. The molecule has 0 aromatic carbocycles. The fourth-order valence-electron chi connectivity index (χ4n) is 1.73. The highest BCUT2D eigenvalue weighted by Gasteiger charge is 2.34. The molecule has 1 unspecified atom stereocenters. The third-order valence-electron chi connectivity index (χ3n) is 2.64. The maximum atomic E-state index is 11.5. The number of carbonyl (C=O) groups excluding carboxylic acids is 1. The van der Waals surface area contributed by atoms with Crippen molar-refractivity contribution in [3.8, 4) is 0 Å². The van der Waals surface area contributed by atoms with Gasteiger partial charge in [0.15, 0.2) is 0 Å². The minimum Gasteiger partial charge on any atom is -0.459 e. The van der Waals surface area contributed by atoms with Gasteiger partial charge in [0, 0.05) is 26.7 Å². The number of methoxy groups -OCH3 is 1. The Bertz CT molecular complexity index is 254. The molecule has 1 aliphatic rings. The van der Waals surface area contributed by atoms with Gasteiger partial charge in [0.1, 0.15) is 11.2 Å². The maximum absolute atomic E-state index is 11.5. The van der Waals surface area contributed by atoms with Gasteiger partial charge in [-0.25, -0.2) is 0 Å². The molecule has 0 aliphatic carbocycles. The number of nitrogens with one attached hydrogen (secondary N) is 1. The Morgan fingerprint density at radius 1 is 1.47 bits per heavy atom. The molecule has 1 aliphatic heterocycles. The summed E-state index contributed by atoms with van der Waals surface area (Å²) in [4.78, 5) is 11.5. The zero-order valence-electron chi connectivity index (χ0n) is 11.2. The van der Waals surface area contributed by atoms with Crippen LogP contribution in [0.3, 0.4) is 0 Å². The van der Waals surface area contributed by atoms with E-state index in [1.165, 1.54) is 0 Å². The van der Waals surface area contributed by atoms with E-state index in [0.29, 0.717) is 19.8 Å². The average molecular weight is 245 g/mol. The second-order valence-electron chi connectivity index (χ2n) is 5.38. The van der Waals surface area contributed by atoms with E-state index in [4.69, 9.17) is 14.2 Å². The van der Waals surface area contributed by atoms with Gasteiger partial charge in [-0.1, -0.05) is 0 Å². The lowest BCUT2D eigenvalue weighted by Gasteiger charge is -2.26. The van der Waals surface area contributed by atoms with Crippen LogP contribution in [-0.4, -0.2) is 50.6 Å². The number of hydrogen-bond acceptors (Lipinski definition) is 5. The number of hydrogen-bond donors (Lipinski definition) is 1. The minimum atomic E-state index is -0.436. The van der Waals surface area contributed by atoms with Crippen molar-refractivity contribution in [3.63, 3.8) is 0 Å². The predicted octanol–water partition coefficient (Wildman–Crippen LogP) is 0.723. The van der Waals surface area contributed by atoms with Crippen molar-refractivity contribution in [3.05, 3.63) is 0 Å². The van der Waals surface area contributed by atoms with Gasteiger partial charge in [0.2, 0.25) is 0 Å². The molecule has 1 atom stereocenters. The SMILES string of the molecule is COC1(CNCC(=O)OC(C)(C)C)CCOC1. The number of carbonyl (C=O) groups is 1. The summed E-state index contributed by atoms with van der Waals surface area (Å²) in [6.07, 6.45) is 0.852. The first-order chi connectivity index (χ1) is 7.87. The molecule has 0 spiro atoms. The van der Waals surface area contributed by atoms with Crippen LogP contribution in [-0.2, 0) is 19.0 Å². The molecule has 0 aromatic rings. The van der Waals surface area contributed by atoms with Gasteiger partial charge in [-0.2, -0.15) is 0 Å². The maximum Gasteiger partial charge on any atom is 0.320 e. The van der Waals surface area contributed by atoms with Crippen LogP contribution >= 0.6 is 0 Å². The van der Waals surface area contributed by atoms with Gasteiger partial charge in [0.05, 0.1) is 13.2 Å². The van der Waals surface area contributed by atoms with Crippen molar-refractivity contribution in [2.75, 3.05) is 33.4 Å². The largest absolute Gasteiger partial charge is 0.459 e. The zero-order chi connectivity index (χ0) is 12.9. The lowest BCUT2D eigenvalue weighted by molar-refractivity contribution is -0.153. The van der Waals surface area contributed by atoms with Crippen LogP contribution in [0.4, 0.5) is 0 Å². The van der Waals surface area contributed by atoms with Crippen LogP contribution in [0.2, 0.25) is 0 Å². The highest BCUT2D eigenvalue weighted by Crippen LogP contribution is 2.21. The summed E-state index contributed by atoms with van der Waals surface area (Å²) in [6.45, 7) is 7.64. The molecular formula is C12H23NO4. The summed E-state index contributed by atoms with van der Waals surface area (Å²) in [6, 6.07) is 0. The molecule has 0 bridgehead atoms. The molecule has 5 heteroatoms. The Morgan fingerprint density at radius 2 is 2.18 bits per heavy atom. The summed E-state index contributed by atoms with van der Waals surface area (Å²) in [5.74, 6) is -0.248. The van der Waals surface area contributed by atoms with E-state index in [1.54, 1.807) is 7.11 Å². The Morgan fingerprint density at radius 3 is 2.65 bits per heavy atom. The molecule has 0 amide bonds. The topological polar surface area (TPSA) is 56.8 Å². The lowest BCUT2D eigenvalue weighted by atomic mass is 10.0. The standard InChI is InChI=1S/C12H23NO4/c1-11(2,3)17-10(14)7-13-8-12(15-4)5-6-16-9-12/h13H,5-9H2,1-4H3. The molecule has 0 radical (unpaired) electrons. The first-order valence-corrected chi connectivity index (χ1v) is 5.92. The molecule has 1 heterocycles. The summed E-state index contributed by atoms with van der Waals surface area (Å²) >= 11 is 0. The van der Waals surface area contributed by atoms with Gasteiger partial charge in [-0.15, -0.1) is 0 Å². The van der Waals surface area contributed by atoms with E-state index in [2.05, 4.69) is 5.32 Å². The number of esters is 1. The quantitative estimate of drug-likeness (QED) is 0.723. The Balaban J connectivity index is 2.25. The van der Waals surface area contributed by atoms with Crippen molar-refractivity contribution < 1.29 is 19.0 Å². The first-order valence-electron chi connectivity index (χ1n) is 5.92. The first kappa shape index (κ1) is 14.4. The van der Waals surface area contributed by atoms with Crippen LogP contribution in [0.5, 0.6) is 0 Å². The van der Waals surface area contributed by atoms with Gasteiger partial charge in [-0.05, 0) is 20.8 Å². The molecule has 17 heavy (non-hydrogen) atoms. The van der Waals surface area contributed by atoms with Gasteiger partial charge in [-0.3, -0.25) is 4.79 Å². The Hall–Kier alpha value is -0.650. The van der Waals surface area contributed by atoms with E-state index in [0.717, 1.165) is 6.42 Å². The Kier molecular flexibility index (Phi) is 4.91. The van der Waals surface area contributed by atoms with E-state index < -0.39 is 5.60 Å². The van der Waals surface area contributed by atoms with Gasteiger partial charge < -0.3 is 19.5 Å². The summed E-state index contributed by atoms with van der Waals surface area (Å²) in [5, 5.41) is 3.06. The number of rotatable bonds is 5. The zero-order valence-corrected chi connectivity index (χ0v) is 11.2. The van der Waals surface area contributed by atoms with Crippen LogP contribution < -0.4 is 5.32 Å². The highest BCUT2D eigenvalue weighted by molar-refractivity contribution is 5.72. The van der Waals surface area contributed by atoms with Crippen molar-refractivity contribution >= 4 is 5.97 Å².